The zero-order valence-corrected chi connectivity index (χ0v) is 11.8. The van der Waals surface area contributed by atoms with Gasteiger partial charge in [-0.25, -0.2) is 0 Å². The van der Waals surface area contributed by atoms with Gasteiger partial charge in [0.1, 0.15) is 5.75 Å². The van der Waals surface area contributed by atoms with E-state index >= 15 is 0 Å². The minimum Gasteiger partial charge on any atom is -0.399 e. The summed E-state index contributed by atoms with van der Waals surface area (Å²) in [4.78, 5) is 11.7. The fraction of sp³-hybridized carbons (Fsp3) is 0.462. The van der Waals surface area contributed by atoms with Gasteiger partial charge in [0.15, 0.2) is 0 Å². The van der Waals surface area contributed by atoms with Crippen molar-refractivity contribution in [3.63, 3.8) is 0 Å². The average Bonchev–Trinajstić information content (AvgIpc) is 2.30. The number of amides is 1. The van der Waals surface area contributed by atoms with Gasteiger partial charge >= 0.3 is 0 Å². The van der Waals surface area contributed by atoms with Gasteiger partial charge in [-0.3, -0.25) is 9.00 Å². The molecule has 0 aliphatic heterocycles. The van der Waals surface area contributed by atoms with Crippen molar-refractivity contribution in [1.82, 2.24) is 0 Å². The zero-order valence-electron chi connectivity index (χ0n) is 11.0. The third kappa shape index (κ3) is 4.49. The molecule has 18 heavy (non-hydrogen) atoms. The van der Waals surface area contributed by atoms with Crippen molar-refractivity contribution in [3.8, 4) is 0 Å². The highest BCUT2D eigenvalue weighted by atomic mass is 32.2. The molecule has 5 heteroatoms. The number of anilines is 2. The van der Waals surface area contributed by atoms with Crippen molar-refractivity contribution in [3.05, 3.63) is 24.3 Å². The van der Waals surface area contributed by atoms with E-state index in [1.54, 1.807) is 24.3 Å². The van der Waals surface area contributed by atoms with E-state index in [4.69, 9.17) is 5.73 Å². The van der Waals surface area contributed by atoms with Crippen LogP contribution in [0.15, 0.2) is 24.3 Å². The molecule has 0 radical (unpaired) electrons. The second kappa shape index (κ2) is 6.54. The van der Waals surface area contributed by atoms with Crippen LogP contribution in [0.3, 0.4) is 0 Å². The minimum atomic E-state index is -1.14. The summed E-state index contributed by atoms with van der Waals surface area (Å²) in [7, 11) is -1.14. The molecule has 4 nitrogen and oxygen atoms in total. The lowest BCUT2D eigenvalue weighted by Gasteiger charge is -2.14. The Morgan fingerprint density at radius 1 is 1.28 bits per heavy atom. The Kier molecular flexibility index (Phi) is 5.34. The van der Waals surface area contributed by atoms with E-state index < -0.39 is 10.8 Å². The summed E-state index contributed by atoms with van der Waals surface area (Å²) >= 11 is 0. The number of nitrogens with two attached hydrogens (primary N) is 1. The van der Waals surface area contributed by atoms with Crippen LogP contribution in [0.25, 0.3) is 0 Å². The largest absolute Gasteiger partial charge is 0.399 e. The van der Waals surface area contributed by atoms with Gasteiger partial charge in [0, 0.05) is 27.4 Å². The van der Waals surface area contributed by atoms with Gasteiger partial charge in [0.05, 0.1) is 0 Å². The summed E-state index contributed by atoms with van der Waals surface area (Å²) in [5, 5.41) is 2.72. The van der Waals surface area contributed by atoms with Crippen molar-refractivity contribution < 1.29 is 9.00 Å². The minimum absolute atomic E-state index is 0.0159. The molecule has 0 heterocycles. The first-order valence-electron chi connectivity index (χ1n) is 5.92. The number of carbonyl (C=O) groups is 1. The SMILES string of the molecule is CC(C)C(C)S(=O)CC(=O)Nc1ccc(N)cc1. The fourth-order valence-electron chi connectivity index (χ4n) is 1.33. The fourth-order valence-corrected chi connectivity index (χ4v) is 2.53. The van der Waals surface area contributed by atoms with Crippen molar-refractivity contribution in [2.75, 3.05) is 16.8 Å². The van der Waals surface area contributed by atoms with Gasteiger partial charge in [-0.1, -0.05) is 20.8 Å². The molecule has 0 saturated carbocycles. The highest BCUT2D eigenvalue weighted by Gasteiger charge is 2.18. The molecular weight excluding hydrogens is 248 g/mol. The number of benzene rings is 1. The van der Waals surface area contributed by atoms with Crippen LogP contribution in [0, 0.1) is 5.92 Å². The van der Waals surface area contributed by atoms with E-state index in [0.29, 0.717) is 17.3 Å². The summed E-state index contributed by atoms with van der Waals surface area (Å²) in [5.74, 6) is 0.102. The van der Waals surface area contributed by atoms with E-state index in [9.17, 15) is 9.00 Å². The van der Waals surface area contributed by atoms with Crippen LogP contribution < -0.4 is 11.1 Å². The number of hydrogen-bond acceptors (Lipinski definition) is 3. The lowest BCUT2D eigenvalue weighted by Crippen LogP contribution is -2.27. The van der Waals surface area contributed by atoms with Crippen molar-refractivity contribution >= 4 is 28.1 Å². The Morgan fingerprint density at radius 2 is 1.83 bits per heavy atom. The van der Waals surface area contributed by atoms with Gasteiger partial charge < -0.3 is 11.1 Å². The molecule has 100 valence electrons. The zero-order chi connectivity index (χ0) is 13.7. The van der Waals surface area contributed by atoms with E-state index in [1.807, 2.05) is 20.8 Å². The standard InChI is InChI=1S/C13H20N2O2S/c1-9(2)10(3)18(17)8-13(16)15-12-6-4-11(14)5-7-12/h4-7,9-10H,8,14H2,1-3H3,(H,15,16). The first-order chi connectivity index (χ1) is 8.40. The molecule has 2 unspecified atom stereocenters. The maximum atomic E-state index is 11.9. The van der Waals surface area contributed by atoms with Crippen LogP contribution in [-0.2, 0) is 15.6 Å². The first-order valence-corrected chi connectivity index (χ1v) is 7.31. The summed E-state index contributed by atoms with van der Waals surface area (Å²) in [6.07, 6.45) is 0. The quantitative estimate of drug-likeness (QED) is 0.802. The molecule has 2 atom stereocenters. The van der Waals surface area contributed by atoms with E-state index in [1.165, 1.54) is 0 Å². The highest BCUT2D eigenvalue weighted by Crippen LogP contribution is 2.12. The smallest absolute Gasteiger partial charge is 0.237 e. The molecular formula is C13H20N2O2S. The van der Waals surface area contributed by atoms with Crippen LogP contribution in [0.4, 0.5) is 11.4 Å². The number of nitrogens with one attached hydrogen (secondary N) is 1. The Bertz CT molecular complexity index is 429. The monoisotopic (exact) mass is 268 g/mol. The predicted octanol–water partition coefficient (Wildman–Crippen LogP) is 2.00. The van der Waals surface area contributed by atoms with E-state index in [-0.39, 0.29) is 16.9 Å². The molecule has 1 aromatic rings. The second-order valence-electron chi connectivity index (χ2n) is 4.64. The molecule has 1 rings (SSSR count). The number of rotatable bonds is 5. The van der Waals surface area contributed by atoms with Crippen molar-refractivity contribution in [2.24, 2.45) is 5.92 Å². The summed E-state index contributed by atoms with van der Waals surface area (Å²) in [5.41, 5.74) is 6.86. The second-order valence-corrected chi connectivity index (χ2v) is 6.44. The molecule has 0 bridgehead atoms. The molecule has 0 saturated heterocycles. The molecule has 1 aromatic carbocycles. The molecule has 0 aliphatic rings. The molecule has 0 spiro atoms. The van der Waals surface area contributed by atoms with Gasteiger partial charge in [0.25, 0.3) is 0 Å². The van der Waals surface area contributed by atoms with Crippen LogP contribution >= 0.6 is 0 Å². The Balaban J connectivity index is 2.52. The summed E-state index contributed by atoms with van der Waals surface area (Å²) < 4.78 is 11.9. The van der Waals surface area contributed by atoms with Crippen LogP contribution in [0.5, 0.6) is 0 Å². The van der Waals surface area contributed by atoms with Crippen molar-refractivity contribution in [1.29, 1.82) is 0 Å². The third-order valence-corrected chi connectivity index (χ3v) is 4.74. The molecule has 0 aliphatic carbocycles. The lowest BCUT2D eigenvalue weighted by atomic mass is 10.2. The highest BCUT2D eigenvalue weighted by molar-refractivity contribution is 7.86. The maximum Gasteiger partial charge on any atom is 0.237 e. The Hall–Kier alpha value is -1.36. The van der Waals surface area contributed by atoms with Gasteiger partial charge in [-0.15, -0.1) is 0 Å². The number of carbonyl (C=O) groups excluding carboxylic acids is 1. The lowest BCUT2D eigenvalue weighted by molar-refractivity contribution is -0.113. The van der Waals surface area contributed by atoms with Gasteiger partial charge in [-0.05, 0) is 30.2 Å². The molecule has 0 aromatic heterocycles. The van der Waals surface area contributed by atoms with E-state index in [0.717, 1.165) is 0 Å². The van der Waals surface area contributed by atoms with E-state index in [2.05, 4.69) is 5.32 Å². The van der Waals surface area contributed by atoms with Gasteiger partial charge in [-0.2, -0.15) is 0 Å². The Morgan fingerprint density at radius 3 is 2.33 bits per heavy atom. The first kappa shape index (κ1) is 14.7. The normalized spacial score (nSPS) is 14.2. The van der Waals surface area contributed by atoms with Crippen LogP contribution in [0.2, 0.25) is 0 Å². The van der Waals surface area contributed by atoms with Gasteiger partial charge in [0.2, 0.25) is 5.91 Å². The topological polar surface area (TPSA) is 72.2 Å². The van der Waals surface area contributed by atoms with Crippen LogP contribution in [-0.4, -0.2) is 21.1 Å². The summed E-state index contributed by atoms with van der Waals surface area (Å²) in [6.45, 7) is 5.90. The molecule has 0 fully saturated rings. The van der Waals surface area contributed by atoms with Crippen LogP contribution in [0.1, 0.15) is 20.8 Å². The third-order valence-electron chi connectivity index (χ3n) is 2.82. The molecule has 3 N–H and O–H groups in total. The van der Waals surface area contributed by atoms with Crippen molar-refractivity contribution in [2.45, 2.75) is 26.0 Å². The summed E-state index contributed by atoms with van der Waals surface area (Å²) in [6, 6.07) is 6.87. The maximum absolute atomic E-state index is 11.9. The Labute approximate surface area is 110 Å². The average molecular weight is 268 g/mol. The molecule has 1 amide bonds. The predicted molar refractivity (Wildman–Crippen MR) is 76.8 cm³/mol. The number of nitrogen functional groups attached to an aromatic ring is 1. The number of hydrogen-bond donors (Lipinski definition) is 2.